The molecular weight excluding hydrogens is 420 g/mol. The average molecular weight is 449 g/mol. The van der Waals surface area contributed by atoms with Gasteiger partial charge in [-0.3, -0.25) is 9.59 Å². The number of fused-ring (bicyclic) bond motifs is 1. The number of imidazole rings is 1. The first-order valence-corrected chi connectivity index (χ1v) is 12.0. The van der Waals surface area contributed by atoms with Gasteiger partial charge in [0.05, 0.1) is 16.7 Å². The molecule has 0 spiro atoms. The summed E-state index contributed by atoms with van der Waals surface area (Å²) in [6, 6.07) is 15.4. The van der Waals surface area contributed by atoms with Gasteiger partial charge in [-0.25, -0.2) is 4.98 Å². The summed E-state index contributed by atoms with van der Waals surface area (Å²) in [6.45, 7) is 4.77. The standard InChI is InChI=1S/C25H28N4O2S/c1-17-10-12-19(13-11-17)27-23(30)16-32-18(2)25(31)28-22-9-4-3-8-21(22)24-26-15-20-7-5-6-14-29(20)24/h3-4,8-13,15,18H,5-7,14,16H2,1-2H3,(H,27,30)(H,28,31)/t18-/m1/s1. The fraction of sp³-hybridized carbons (Fsp3) is 0.320. The largest absolute Gasteiger partial charge is 0.328 e. The van der Waals surface area contributed by atoms with Crippen LogP contribution >= 0.6 is 11.8 Å². The molecule has 7 heteroatoms. The van der Waals surface area contributed by atoms with Crippen molar-refractivity contribution in [2.75, 3.05) is 16.4 Å². The first-order valence-electron chi connectivity index (χ1n) is 10.9. The van der Waals surface area contributed by atoms with Crippen LogP contribution in [0.2, 0.25) is 0 Å². The maximum atomic E-state index is 12.8. The van der Waals surface area contributed by atoms with E-state index in [1.807, 2.05) is 68.6 Å². The minimum Gasteiger partial charge on any atom is -0.328 e. The molecule has 2 amide bonds. The molecule has 4 rings (SSSR count). The van der Waals surface area contributed by atoms with E-state index in [1.165, 1.54) is 23.9 Å². The van der Waals surface area contributed by atoms with Gasteiger partial charge in [-0.15, -0.1) is 11.8 Å². The van der Waals surface area contributed by atoms with Crippen LogP contribution in [-0.4, -0.2) is 32.4 Å². The van der Waals surface area contributed by atoms with Gasteiger partial charge < -0.3 is 15.2 Å². The van der Waals surface area contributed by atoms with E-state index >= 15 is 0 Å². The number of carbonyl (C=O) groups excluding carboxylic acids is 2. The summed E-state index contributed by atoms with van der Waals surface area (Å²) in [5, 5.41) is 5.53. The number of aryl methyl sites for hydroxylation is 2. The molecule has 1 aliphatic heterocycles. The zero-order valence-electron chi connectivity index (χ0n) is 18.4. The first-order chi connectivity index (χ1) is 15.5. The molecule has 1 aliphatic rings. The van der Waals surface area contributed by atoms with E-state index in [9.17, 15) is 9.59 Å². The molecule has 1 atom stereocenters. The third-order valence-electron chi connectivity index (χ3n) is 5.60. The van der Waals surface area contributed by atoms with Crippen molar-refractivity contribution in [2.24, 2.45) is 0 Å². The smallest absolute Gasteiger partial charge is 0.237 e. The van der Waals surface area contributed by atoms with Gasteiger partial charge in [-0.05, 0) is 57.4 Å². The Kier molecular flexibility index (Phi) is 6.95. The fourth-order valence-electron chi connectivity index (χ4n) is 3.78. The molecular formula is C25H28N4O2S. The molecule has 2 heterocycles. The molecule has 0 radical (unpaired) electrons. The summed E-state index contributed by atoms with van der Waals surface area (Å²) >= 11 is 1.32. The maximum Gasteiger partial charge on any atom is 0.237 e. The van der Waals surface area contributed by atoms with Gasteiger partial charge in [0, 0.05) is 29.7 Å². The van der Waals surface area contributed by atoms with Crippen molar-refractivity contribution in [3.63, 3.8) is 0 Å². The Morgan fingerprint density at radius 1 is 1.09 bits per heavy atom. The van der Waals surface area contributed by atoms with E-state index in [1.54, 1.807) is 0 Å². The number of para-hydroxylation sites is 1. The van der Waals surface area contributed by atoms with Crippen LogP contribution in [0.15, 0.2) is 54.7 Å². The van der Waals surface area contributed by atoms with E-state index in [-0.39, 0.29) is 22.8 Å². The number of hydrogen-bond acceptors (Lipinski definition) is 4. The van der Waals surface area contributed by atoms with Crippen molar-refractivity contribution in [2.45, 2.75) is 44.9 Å². The second-order valence-corrected chi connectivity index (χ2v) is 9.41. The SMILES string of the molecule is Cc1ccc(NC(=O)CS[C@H](C)C(=O)Nc2ccccc2-c2ncc3n2CCCC3)cc1. The monoisotopic (exact) mass is 448 g/mol. The summed E-state index contributed by atoms with van der Waals surface area (Å²) in [6.07, 6.45) is 5.32. The number of thioether (sulfide) groups is 1. The molecule has 6 nitrogen and oxygen atoms in total. The fourth-order valence-corrected chi connectivity index (χ4v) is 4.47. The normalized spacial score (nSPS) is 13.8. The lowest BCUT2D eigenvalue weighted by atomic mass is 10.1. The van der Waals surface area contributed by atoms with Gasteiger partial charge in [0.15, 0.2) is 0 Å². The quantitative estimate of drug-likeness (QED) is 0.539. The predicted octanol–water partition coefficient (Wildman–Crippen LogP) is 4.89. The maximum absolute atomic E-state index is 12.8. The molecule has 166 valence electrons. The van der Waals surface area contributed by atoms with Crippen molar-refractivity contribution in [1.29, 1.82) is 0 Å². The number of nitrogens with zero attached hydrogens (tertiary/aromatic N) is 2. The summed E-state index contributed by atoms with van der Waals surface area (Å²) in [5.74, 6) is 0.852. The third-order valence-corrected chi connectivity index (χ3v) is 6.74. The molecule has 3 aromatic rings. The van der Waals surface area contributed by atoms with Crippen molar-refractivity contribution in [1.82, 2.24) is 9.55 Å². The van der Waals surface area contributed by atoms with Crippen LogP contribution in [0.5, 0.6) is 0 Å². The highest BCUT2D eigenvalue weighted by molar-refractivity contribution is 8.01. The highest BCUT2D eigenvalue weighted by Crippen LogP contribution is 2.30. The van der Waals surface area contributed by atoms with Gasteiger partial charge in [0.2, 0.25) is 11.8 Å². The van der Waals surface area contributed by atoms with Crippen LogP contribution in [0.3, 0.4) is 0 Å². The summed E-state index contributed by atoms with van der Waals surface area (Å²) in [4.78, 5) is 29.7. The Hall–Kier alpha value is -3.06. The van der Waals surface area contributed by atoms with Crippen molar-refractivity contribution in [3.05, 3.63) is 66.0 Å². The van der Waals surface area contributed by atoms with Gasteiger partial charge in [0.25, 0.3) is 0 Å². The van der Waals surface area contributed by atoms with Crippen LogP contribution in [0, 0.1) is 6.92 Å². The van der Waals surface area contributed by atoms with Crippen molar-refractivity contribution in [3.8, 4) is 11.4 Å². The van der Waals surface area contributed by atoms with Gasteiger partial charge in [-0.1, -0.05) is 29.8 Å². The lowest BCUT2D eigenvalue weighted by Crippen LogP contribution is -2.25. The lowest BCUT2D eigenvalue weighted by molar-refractivity contribution is -0.115. The number of benzene rings is 2. The van der Waals surface area contributed by atoms with Crippen molar-refractivity contribution >= 4 is 35.0 Å². The summed E-state index contributed by atoms with van der Waals surface area (Å²) < 4.78 is 2.25. The minimum atomic E-state index is -0.374. The Labute approximate surface area is 192 Å². The van der Waals surface area contributed by atoms with Crippen LogP contribution in [0.4, 0.5) is 11.4 Å². The molecule has 0 aliphatic carbocycles. The Bertz CT molecular complexity index is 1110. The Morgan fingerprint density at radius 3 is 2.69 bits per heavy atom. The molecule has 0 fully saturated rings. The topological polar surface area (TPSA) is 76.0 Å². The predicted molar refractivity (Wildman–Crippen MR) is 131 cm³/mol. The van der Waals surface area contributed by atoms with Crippen molar-refractivity contribution < 1.29 is 9.59 Å². The molecule has 2 aromatic carbocycles. The highest BCUT2D eigenvalue weighted by Gasteiger charge is 2.20. The number of nitrogens with one attached hydrogen (secondary N) is 2. The number of rotatable bonds is 7. The molecule has 0 saturated carbocycles. The summed E-state index contributed by atoms with van der Waals surface area (Å²) in [5.41, 5.74) is 4.81. The highest BCUT2D eigenvalue weighted by atomic mass is 32.2. The number of anilines is 2. The molecule has 0 bridgehead atoms. The van der Waals surface area contributed by atoms with Crippen LogP contribution < -0.4 is 10.6 Å². The number of hydrogen-bond donors (Lipinski definition) is 2. The van der Waals surface area contributed by atoms with E-state index in [2.05, 4.69) is 20.2 Å². The second kappa shape index (κ2) is 10.0. The molecule has 32 heavy (non-hydrogen) atoms. The summed E-state index contributed by atoms with van der Waals surface area (Å²) in [7, 11) is 0. The number of carbonyl (C=O) groups is 2. The van der Waals surface area contributed by atoms with Crippen LogP contribution in [0.25, 0.3) is 11.4 Å². The van der Waals surface area contributed by atoms with E-state index in [0.29, 0.717) is 0 Å². The van der Waals surface area contributed by atoms with Crippen LogP contribution in [0.1, 0.15) is 31.0 Å². The first kappa shape index (κ1) is 22.1. The van der Waals surface area contributed by atoms with E-state index in [4.69, 9.17) is 0 Å². The zero-order chi connectivity index (χ0) is 22.5. The average Bonchev–Trinajstić information content (AvgIpc) is 3.23. The number of aromatic nitrogens is 2. The second-order valence-electron chi connectivity index (χ2n) is 8.08. The Balaban J connectivity index is 1.37. The molecule has 1 aromatic heterocycles. The lowest BCUT2D eigenvalue weighted by Gasteiger charge is -2.19. The third kappa shape index (κ3) is 5.22. The van der Waals surface area contributed by atoms with Crippen LogP contribution in [-0.2, 0) is 22.6 Å². The number of amides is 2. The molecule has 0 saturated heterocycles. The zero-order valence-corrected chi connectivity index (χ0v) is 19.2. The Morgan fingerprint density at radius 2 is 1.88 bits per heavy atom. The van der Waals surface area contributed by atoms with E-state index < -0.39 is 0 Å². The minimum absolute atomic E-state index is 0.122. The van der Waals surface area contributed by atoms with Gasteiger partial charge in [0.1, 0.15) is 5.82 Å². The van der Waals surface area contributed by atoms with Gasteiger partial charge >= 0.3 is 0 Å². The molecule has 0 unspecified atom stereocenters. The van der Waals surface area contributed by atoms with E-state index in [0.717, 1.165) is 47.7 Å². The molecule has 2 N–H and O–H groups in total. The van der Waals surface area contributed by atoms with Gasteiger partial charge in [-0.2, -0.15) is 0 Å².